The highest BCUT2D eigenvalue weighted by molar-refractivity contribution is 6.38. The summed E-state index contributed by atoms with van der Waals surface area (Å²) in [4.78, 5) is 53.0. The van der Waals surface area contributed by atoms with Crippen LogP contribution in [0.4, 0.5) is 0 Å². The summed E-state index contributed by atoms with van der Waals surface area (Å²) in [7, 11) is 4.41. The van der Waals surface area contributed by atoms with Crippen LogP contribution < -0.4 is 14.2 Å². The van der Waals surface area contributed by atoms with E-state index in [9.17, 15) is 19.2 Å². The fraction of sp³-hybridized carbons (Fsp3) is 0.515. The molecule has 0 aliphatic carbocycles. The van der Waals surface area contributed by atoms with Crippen molar-refractivity contribution in [1.82, 2.24) is 4.90 Å². The van der Waals surface area contributed by atoms with E-state index in [-0.39, 0.29) is 6.61 Å². The van der Waals surface area contributed by atoms with E-state index >= 15 is 0 Å². The van der Waals surface area contributed by atoms with Crippen LogP contribution in [0.15, 0.2) is 42.5 Å². The molecular weight excluding hydrogens is 554 g/mol. The Morgan fingerprint density at radius 2 is 1.72 bits per heavy atom. The quantitative estimate of drug-likeness (QED) is 0.222. The molecule has 1 saturated heterocycles. The summed E-state index contributed by atoms with van der Waals surface area (Å²) in [5, 5.41) is 0. The third-order valence-corrected chi connectivity index (χ3v) is 7.94. The van der Waals surface area contributed by atoms with E-state index in [1.165, 1.54) is 12.0 Å². The molecule has 0 saturated carbocycles. The average molecular weight is 598 g/mol. The Bertz CT molecular complexity index is 1290. The number of benzene rings is 2. The van der Waals surface area contributed by atoms with Crippen LogP contribution in [-0.2, 0) is 35.1 Å². The van der Waals surface area contributed by atoms with Crippen molar-refractivity contribution in [1.29, 1.82) is 0 Å². The van der Waals surface area contributed by atoms with Crippen LogP contribution in [0.2, 0.25) is 0 Å². The molecule has 0 radical (unpaired) electrons. The van der Waals surface area contributed by atoms with Gasteiger partial charge in [0.05, 0.1) is 21.3 Å². The summed E-state index contributed by atoms with van der Waals surface area (Å²) in [5.41, 5.74) is 0.780. The molecule has 43 heavy (non-hydrogen) atoms. The minimum Gasteiger partial charge on any atom is -0.493 e. The van der Waals surface area contributed by atoms with Crippen molar-refractivity contribution >= 4 is 23.6 Å². The maximum absolute atomic E-state index is 13.7. The van der Waals surface area contributed by atoms with Gasteiger partial charge >= 0.3 is 11.9 Å². The highest BCUT2D eigenvalue weighted by atomic mass is 16.6. The van der Waals surface area contributed by atoms with E-state index in [0.29, 0.717) is 61.5 Å². The van der Waals surface area contributed by atoms with Gasteiger partial charge in [-0.05, 0) is 73.9 Å². The van der Waals surface area contributed by atoms with Gasteiger partial charge in [0.1, 0.15) is 17.9 Å². The highest BCUT2D eigenvalue weighted by Crippen LogP contribution is 2.32. The molecule has 10 nitrogen and oxygen atoms in total. The molecule has 2 aromatic carbocycles. The van der Waals surface area contributed by atoms with Crippen LogP contribution in [0.3, 0.4) is 0 Å². The number of Topliss-reactive ketones (excluding diaryl/α,β-unsaturated/α-hetero) is 1. The predicted molar refractivity (Wildman–Crippen MR) is 159 cm³/mol. The number of piperidine rings is 1. The highest BCUT2D eigenvalue weighted by Gasteiger charge is 2.41. The van der Waals surface area contributed by atoms with E-state index < -0.39 is 41.2 Å². The number of amides is 1. The van der Waals surface area contributed by atoms with Crippen LogP contribution in [0, 0.1) is 5.41 Å². The molecule has 1 fully saturated rings. The van der Waals surface area contributed by atoms with Gasteiger partial charge in [-0.25, -0.2) is 9.59 Å². The average Bonchev–Trinajstić information content (AvgIpc) is 3.04. The van der Waals surface area contributed by atoms with Crippen molar-refractivity contribution in [2.24, 2.45) is 5.41 Å². The zero-order chi connectivity index (χ0) is 31.6. The van der Waals surface area contributed by atoms with Crippen molar-refractivity contribution in [2.45, 2.75) is 71.4 Å². The van der Waals surface area contributed by atoms with Gasteiger partial charge in [-0.1, -0.05) is 39.0 Å². The predicted octanol–water partition coefficient (Wildman–Crippen LogP) is 4.86. The first-order chi connectivity index (χ1) is 20.5. The Hall–Kier alpha value is -4.08. The normalized spacial score (nSPS) is 15.7. The second-order valence-corrected chi connectivity index (χ2v) is 11.2. The number of likely N-dealkylation sites (tertiary alicyclic amines) is 1. The lowest BCUT2D eigenvalue weighted by Crippen LogP contribution is -2.53. The van der Waals surface area contributed by atoms with Gasteiger partial charge in [-0.15, -0.1) is 0 Å². The molecule has 3 rings (SSSR count). The lowest BCUT2D eigenvalue weighted by Gasteiger charge is -2.36. The van der Waals surface area contributed by atoms with Crippen molar-refractivity contribution < 1.29 is 42.9 Å². The number of hydrogen-bond acceptors (Lipinski definition) is 9. The van der Waals surface area contributed by atoms with Gasteiger partial charge in [0.2, 0.25) is 5.78 Å². The van der Waals surface area contributed by atoms with E-state index in [1.54, 1.807) is 46.3 Å². The summed E-state index contributed by atoms with van der Waals surface area (Å²) in [6, 6.07) is 11.7. The monoisotopic (exact) mass is 597 g/mol. The third kappa shape index (κ3) is 8.72. The molecule has 2 aromatic rings. The fourth-order valence-corrected chi connectivity index (χ4v) is 4.85. The fourth-order valence-electron chi connectivity index (χ4n) is 4.85. The first-order valence-corrected chi connectivity index (χ1v) is 14.6. The van der Waals surface area contributed by atoms with Gasteiger partial charge in [0.25, 0.3) is 5.91 Å². The molecule has 1 aliphatic heterocycles. The van der Waals surface area contributed by atoms with Crippen LogP contribution in [-0.4, -0.2) is 69.1 Å². The number of ether oxygens (including phenoxy) is 5. The number of ketones is 1. The molecule has 1 aliphatic rings. The number of esters is 2. The smallest absolute Gasteiger partial charge is 0.343 e. The molecule has 0 N–H and O–H groups in total. The molecule has 10 heteroatoms. The molecule has 0 spiro atoms. The molecule has 1 unspecified atom stereocenters. The van der Waals surface area contributed by atoms with Crippen molar-refractivity contribution in [3.8, 4) is 17.2 Å². The van der Waals surface area contributed by atoms with E-state index in [0.717, 1.165) is 12.0 Å². The van der Waals surface area contributed by atoms with Crippen LogP contribution in [0.5, 0.6) is 17.2 Å². The first kappa shape index (κ1) is 33.4. The Morgan fingerprint density at radius 3 is 2.40 bits per heavy atom. The lowest BCUT2D eigenvalue weighted by atomic mass is 9.84. The molecule has 1 heterocycles. The van der Waals surface area contributed by atoms with Crippen molar-refractivity contribution in [3.05, 3.63) is 53.6 Å². The standard InChI is InChI=1S/C33H43NO9/c1-7-33(2,3)30(36)31(37)34-18-9-8-13-25(34)32(38)43-26(16-14-22-15-17-27(39-4)28(19-22)40-5)23-11-10-12-24(20-23)42-21-29(35)41-6/h10-12,15,17,19-20,25-26H,7-9,13-14,16,18,21H2,1-6H3/t25?,26-/m1/s1. The van der Waals surface area contributed by atoms with E-state index in [4.69, 9.17) is 18.9 Å². The summed E-state index contributed by atoms with van der Waals surface area (Å²) < 4.78 is 27.1. The number of rotatable bonds is 14. The number of hydrogen-bond donors (Lipinski definition) is 0. The number of carbonyl (C=O) groups is 4. The number of carbonyl (C=O) groups excluding carboxylic acids is 4. The summed E-state index contributed by atoms with van der Waals surface area (Å²) in [6.07, 6.45) is 2.60. The van der Waals surface area contributed by atoms with E-state index in [1.807, 2.05) is 31.2 Å². The van der Waals surface area contributed by atoms with Gasteiger partial charge < -0.3 is 28.6 Å². The maximum Gasteiger partial charge on any atom is 0.343 e. The maximum atomic E-state index is 13.7. The Kier molecular flexibility index (Phi) is 12.0. The topological polar surface area (TPSA) is 118 Å². The van der Waals surface area contributed by atoms with E-state index in [2.05, 4.69) is 4.74 Å². The molecule has 0 aromatic heterocycles. The Labute approximate surface area is 253 Å². The largest absolute Gasteiger partial charge is 0.493 e. The number of nitrogens with zero attached hydrogens (tertiary/aromatic N) is 1. The van der Waals surface area contributed by atoms with Crippen LogP contribution in [0.1, 0.15) is 70.1 Å². The number of methoxy groups -OCH3 is 3. The Morgan fingerprint density at radius 1 is 0.977 bits per heavy atom. The minimum atomic E-state index is -0.861. The minimum absolute atomic E-state index is 0.267. The van der Waals surface area contributed by atoms with Gasteiger partial charge in [-0.2, -0.15) is 0 Å². The molecule has 2 atom stereocenters. The summed E-state index contributed by atoms with van der Waals surface area (Å²) in [6.45, 7) is 5.39. The van der Waals surface area contributed by atoms with Gasteiger partial charge in [0, 0.05) is 12.0 Å². The molecule has 234 valence electrons. The summed E-state index contributed by atoms with van der Waals surface area (Å²) >= 11 is 0. The summed E-state index contributed by atoms with van der Waals surface area (Å²) in [5.74, 6) is -0.631. The lowest BCUT2D eigenvalue weighted by molar-refractivity contribution is -0.164. The van der Waals surface area contributed by atoms with Crippen molar-refractivity contribution in [3.63, 3.8) is 0 Å². The second kappa shape index (κ2) is 15.4. The third-order valence-electron chi connectivity index (χ3n) is 7.94. The number of aryl methyl sites for hydroxylation is 1. The first-order valence-electron chi connectivity index (χ1n) is 14.6. The van der Waals surface area contributed by atoms with Gasteiger partial charge in [0.15, 0.2) is 18.1 Å². The second-order valence-electron chi connectivity index (χ2n) is 11.2. The molecular formula is C33H43NO9. The zero-order valence-electron chi connectivity index (χ0n) is 26.0. The van der Waals surface area contributed by atoms with Gasteiger partial charge in [-0.3, -0.25) is 9.59 Å². The molecule has 1 amide bonds. The van der Waals surface area contributed by atoms with Crippen LogP contribution in [0.25, 0.3) is 0 Å². The van der Waals surface area contributed by atoms with Crippen molar-refractivity contribution in [2.75, 3.05) is 34.5 Å². The van der Waals surface area contributed by atoms with Crippen LogP contribution >= 0.6 is 0 Å². The SMILES string of the molecule is CCC(C)(C)C(=O)C(=O)N1CCCCC1C(=O)O[C@H](CCc1ccc(OC)c(OC)c1)c1cccc(OCC(=O)OC)c1. The molecule has 0 bridgehead atoms. The zero-order valence-corrected chi connectivity index (χ0v) is 26.0. The Balaban J connectivity index is 1.87.